The summed E-state index contributed by atoms with van der Waals surface area (Å²) >= 11 is 1.82. The highest BCUT2D eigenvalue weighted by Gasteiger charge is 2.52. The van der Waals surface area contributed by atoms with Crippen LogP contribution < -0.4 is 25.4 Å². The molecular weight excluding hydrogens is 944 g/mol. The molecule has 0 bridgehead atoms. The summed E-state index contributed by atoms with van der Waals surface area (Å²) < 4.78 is 14.4. The van der Waals surface area contributed by atoms with E-state index >= 15 is 0 Å². The second kappa shape index (κ2) is 15.6. The van der Waals surface area contributed by atoms with Crippen LogP contribution in [0.5, 0.6) is 11.5 Å². The molecule has 10 aromatic rings. The molecule has 76 heavy (non-hydrogen) atoms. The predicted octanol–water partition coefficient (Wildman–Crippen LogP) is 18.5. The lowest BCUT2D eigenvalue weighted by Gasteiger charge is -2.48. The molecule has 0 radical (unpaired) electrons. The molecule has 0 saturated heterocycles. The van der Waals surface area contributed by atoms with Crippen molar-refractivity contribution in [2.24, 2.45) is 0 Å². The van der Waals surface area contributed by atoms with Crippen LogP contribution in [0.4, 0.5) is 28.4 Å². The van der Waals surface area contributed by atoms with Gasteiger partial charge in [-0.1, -0.05) is 171 Å². The lowest BCUT2D eigenvalue weighted by molar-refractivity contribution is 0.332. The van der Waals surface area contributed by atoms with Crippen molar-refractivity contribution in [1.82, 2.24) is 0 Å². The maximum absolute atomic E-state index is 7.35. The first-order chi connectivity index (χ1) is 36.5. The third kappa shape index (κ3) is 6.34. The van der Waals surface area contributed by atoms with Gasteiger partial charge < -0.3 is 18.9 Å². The van der Waals surface area contributed by atoms with Crippen molar-refractivity contribution < 1.29 is 9.15 Å². The smallest absolute Gasteiger partial charge is 0.333 e. The van der Waals surface area contributed by atoms with Crippen molar-refractivity contribution in [3.05, 3.63) is 197 Å². The molecule has 9 aromatic carbocycles. The summed E-state index contributed by atoms with van der Waals surface area (Å²) in [4.78, 5) is 7.61. The zero-order chi connectivity index (χ0) is 51.9. The molecule has 0 spiro atoms. The molecule has 0 N–H and O–H groups in total. The normalized spacial score (nSPS) is 16.7. The van der Waals surface area contributed by atoms with Crippen LogP contribution in [-0.2, 0) is 21.7 Å². The molecule has 15 rings (SSSR count). The Kier molecular flexibility index (Phi) is 9.43. The van der Waals surface area contributed by atoms with Crippen LogP contribution in [0.2, 0.25) is 0 Å². The van der Waals surface area contributed by atoms with Gasteiger partial charge in [-0.25, -0.2) is 0 Å². The number of ether oxygens (including phenoxy) is 1. The fourth-order valence-corrected chi connectivity index (χ4v) is 15.1. The summed E-state index contributed by atoms with van der Waals surface area (Å²) in [7, 11) is 0. The molecule has 6 heteroatoms. The quantitative estimate of drug-likeness (QED) is 0.165. The molecule has 0 fully saturated rings. The van der Waals surface area contributed by atoms with Crippen LogP contribution in [0.15, 0.2) is 178 Å². The Hall–Kier alpha value is -7.41. The van der Waals surface area contributed by atoms with Gasteiger partial charge in [0, 0.05) is 61.8 Å². The van der Waals surface area contributed by atoms with Gasteiger partial charge >= 0.3 is 6.85 Å². The minimum Gasteiger partial charge on any atom is -0.455 e. The van der Waals surface area contributed by atoms with Gasteiger partial charge in [0.2, 0.25) is 0 Å². The lowest BCUT2D eigenvalue weighted by atomic mass is 9.42. The average molecular weight is 1010 g/mol. The first-order valence-electron chi connectivity index (χ1n) is 27.3. The third-order valence-corrected chi connectivity index (χ3v) is 19.3. The fourth-order valence-electron chi connectivity index (χ4n) is 14.1. The molecule has 4 nitrogen and oxygen atoms in total. The van der Waals surface area contributed by atoms with E-state index in [-0.39, 0.29) is 28.5 Å². The van der Waals surface area contributed by atoms with Crippen LogP contribution in [0.25, 0.3) is 55.3 Å². The molecule has 0 atom stereocenters. The summed E-state index contributed by atoms with van der Waals surface area (Å²) in [6.45, 7) is 23.8. The number of fused-ring (bicyclic) bond motifs is 15. The fraction of sp³-hybridized carbons (Fsp3) is 0.229. The number of para-hydroxylation sites is 2. The van der Waals surface area contributed by atoms with E-state index in [4.69, 9.17) is 9.15 Å². The zero-order valence-corrected chi connectivity index (χ0v) is 46.0. The number of furan rings is 1. The first kappa shape index (κ1) is 45.9. The highest BCUT2D eigenvalue weighted by molar-refractivity contribution is 7.99. The van der Waals surface area contributed by atoms with E-state index < -0.39 is 0 Å². The molecule has 372 valence electrons. The lowest BCUT2D eigenvalue weighted by Crippen LogP contribution is -2.62. The Labute approximate surface area is 451 Å². The third-order valence-electron chi connectivity index (χ3n) is 18.2. The topological polar surface area (TPSA) is 28.9 Å². The predicted molar refractivity (Wildman–Crippen MR) is 320 cm³/mol. The van der Waals surface area contributed by atoms with Crippen LogP contribution in [0.1, 0.15) is 109 Å². The van der Waals surface area contributed by atoms with Crippen molar-refractivity contribution >= 4 is 79.9 Å². The highest BCUT2D eigenvalue weighted by atomic mass is 32.2. The van der Waals surface area contributed by atoms with Gasteiger partial charge in [0.25, 0.3) is 0 Å². The zero-order valence-electron chi connectivity index (χ0n) is 45.2. The van der Waals surface area contributed by atoms with Crippen molar-refractivity contribution in [3.63, 3.8) is 0 Å². The average Bonchev–Trinajstić information content (AvgIpc) is 4.06. The summed E-state index contributed by atoms with van der Waals surface area (Å²) in [5, 5.41) is 2.26. The van der Waals surface area contributed by atoms with Crippen LogP contribution in [0, 0.1) is 6.92 Å². The molecule has 5 aliphatic rings. The van der Waals surface area contributed by atoms with E-state index in [1.807, 2.05) is 11.8 Å². The minimum atomic E-state index is -0.344. The molecule has 2 aliphatic carbocycles. The molecule has 0 unspecified atom stereocenters. The maximum Gasteiger partial charge on any atom is 0.333 e. The van der Waals surface area contributed by atoms with E-state index in [2.05, 4.69) is 243 Å². The number of nitrogens with zero attached hydrogens (tertiary/aromatic N) is 2. The number of anilines is 5. The van der Waals surface area contributed by atoms with E-state index in [1.54, 1.807) is 0 Å². The van der Waals surface area contributed by atoms with Crippen LogP contribution >= 0.6 is 11.8 Å². The summed E-state index contributed by atoms with van der Waals surface area (Å²) in [6.07, 6.45) is 2.28. The number of aryl methyl sites for hydroxylation is 1. The second-order valence-corrected chi connectivity index (χ2v) is 26.2. The van der Waals surface area contributed by atoms with E-state index in [1.165, 1.54) is 83.5 Å². The molecule has 4 heterocycles. The van der Waals surface area contributed by atoms with Gasteiger partial charge in [0.05, 0.1) is 9.79 Å². The number of benzene rings is 9. The van der Waals surface area contributed by atoms with Gasteiger partial charge in [-0.3, -0.25) is 0 Å². The molecule has 3 aliphatic heterocycles. The maximum atomic E-state index is 7.35. The van der Waals surface area contributed by atoms with Crippen molar-refractivity contribution in [2.75, 3.05) is 9.71 Å². The van der Waals surface area contributed by atoms with Crippen molar-refractivity contribution in [1.29, 1.82) is 0 Å². The molecule has 1 aromatic heterocycles. The van der Waals surface area contributed by atoms with E-state index in [0.29, 0.717) is 0 Å². The van der Waals surface area contributed by atoms with E-state index in [9.17, 15) is 0 Å². The Morgan fingerprint density at radius 3 is 2.05 bits per heavy atom. The first-order valence-corrected chi connectivity index (χ1v) is 28.1. The summed E-state index contributed by atoms with van der Waals surface area (Å²) in [6, 6.07) is 61.9. The van der Waals surface area contributed by atoms with E-state index in [0.717, 1.165) is 78.7 Å². The Bertz CT molecular complexity index is 4170. The minimum absolute atomic E-state index is 0.0101. The Balaban J connectivity index is 1.14. The SMILES string of the molecule is Cc1cc2c(cc1N1c3cc4c(cc3B3c5c1cc1c(c5-c5c(ccc6c5oc5ccccc56)N3c3ccc(C(C)(C)C)cc3-c3ccccc3)C(C)(C)c3ccccc3-1)Sc1ccccc1O4)C(C)(C)CCC2(C)C. The summed E-state index contributed by atoms with van der Waals surface area (Å²) in [5.74, 6) is 1.78. The molecular formula is C70H61BN2O2S. The Morgan fingerprint density at radius 1 is 0.539 bits per heavy atom. The summed E-state index contributed by atoms with van der Waals surface area (Å²) in [5.41, 5.74) is 25.4. The van der Waals surface area contributed by atoms with Crippen LogP contribution in [0.3, 0.4) is 0 Å². The number of hydrogen-bond donors (Lipinski definition) is 0. The highest BCUT2D eigenvalue weighted by Crippen LogP contribution is 2.61. The second-order valence-electron chi connectivity index (χ2n) is 25.1. The molecule has 0 saturated carbocycles. The number of rotatable bonds is 3. The van der Waals surface area contributed by atoms with Crippen LogP contribution in [-0.4, -0.2) is 6.85 Å². The van der Waals surface area contributed by atoms with Crippen molar-refractivity contribution in [3.8, 4) is 44.9 Å². The van der Waals surface area contributed by atoms with Gasteiger partial charge in [0.1, 0.15) is 22.7 Å². The van der Waals surface area contributed by atoms with Crippen molar-refractivity contribution in [2.45, 2.75) is 114 Å². The van der Waals surface area contributed by atoms with Gasteiger partial charge in [-0.05, 0) is 163 Å². The molecule has 0 amide bonds. The largest absolute Gasteiger partial charge is 0.455 e. The standard InChI is InChI=1S/C70H61BN2O2S/c1-40-34-49-50(69(7,8)33-32-68(49,5)6)37-54(40)72-55-39-59-61(76-60-27-19-18-26-58(60)74-59)38-51(55)71-65-56(72)36-47-43-22-14-16-24-48(43)70(9,10)64(47)63(65)62-53(31-29-45-44-23-15-17-25-57(44)75-66(45)62)73(71)52-30-28-42(67(2,3)4)35-46(52)41-20-12-11-13-21-41/h11-31,34-39H,32-33H2,1-10H3. The Morgan fingerprint density at radius 2 is 1.25 bits per heavy atom. The van der Waals surface area contributed by atoms with Gasteiger partial charge in [-0.2, -0.15) is 0 Å². The van der Waals surface area contributed by atoms with Gasteiger partial charge in [-0.15, -0.1) is 0 Å². The monoisotopic (exact) mass is 1000 g/mol. The van der Waals surface area contributed by atoms with Gasteiger partial charge in [0.15, 0.2) is 0 Å². The number of hydrogen-bond acceptors (Lipinski definition) is 5.